The average molecular weight is 369 g/mol. The molecule has 24 heavy (non-hydrogen) atoms. The number of hydrogen-bond acceptors (Lipinski definition) is 3. The molecular weight excluding hydrogens is 343 g/mol. The third kappa shape index (κ3) is 4.87. The fourth-order valence-corrected chi connectivity index (χ4v) is 3.29. The van der Waals surface area contributed by atoms with Crippen LogP contribution in [-0.4, -0.2) is 36.2 Å². The van der Waals surface area contributed by atoms with Crippen LogP contribution in [0.1, 0.15) is 24.4 Å². The van der Waals surface area contributed by atoms with Crippen molar-refractivity contribution in [2.24, 2.45) is 0 Å². The van der Waals surface area contributed by atoms with Gasteiger partial charge in [-0.1, -0.05) is 24.3 Å². The molecule has 1 fully saturated rings. The second-order valence-corrected chi connectivity index (χ2v) is 5.96. The Morgan fingerprint density at radius 1 is 1.08 bits per heavy atom. The summed E-state index contributed by atoms with van der Waals surface area (Å²) >= 11 is 0. The predicted molar refractivity (Wildman–Crippen MR) is 107 cm³/mol. The van der Waals surface area contributed by atoms with Gasteiger partial charge in [-0.05, 0) is 47.4 Å². The van der Waals surface area contributed by atoms with E-state index in [1.165, 1.54) is 10.9 Å². The van der Waals surface area contributed by atoms with Crippen molar-refractivity contribution in [3.63, 3.8) is 0 Å². The van der Waals surface area contributed by atoms with Gasteiger partial charge in [-0.3, -0.25) is 4.90 Å². The number of phenolic OH excluding ortho intramolecular Hbond substituents is 1. The van der Waals surface area contributed by atoms with Crippen LogP contribution >= 0.6 is 24.8 Å². The number of allylic oxidation sites excluding steroid dienone is 1. The molecule has 1 aliphatic heterocycles. The van der Waals surface area contributed by atoms with Crippen LogP contribution in [0.15, 0.2) is 49.1 Å². The van der Waals surface area contributed by atoms with E-state index < -0.39 is 0 Å². The molecule has 132 valence electrons. The highest BCUT2D eigenvalue weighted by Gasteiger charge is 2.21. The SMILES string of the molecule is C=CCC[C@@H](c1ccc2cc(O)ccc2c1)N1CCNCC1.Cl.Cl. The molecule has 1 aliphatic rings. The fraction of sp³-hybridized carbons (Fsp3) is 0.368. The van der Waals surface area contributed by atoms with Gasteiger partial charge in [0.2, 0.25) is 0 Å². The Balaban J connectivity index is 0.00000144. The monoisotopic (exact) mass is 368 g/mol. The topological polar surface area (TPSA) is 35.5 Å². The summed E-state index contributed by atoms with van der Waals surface area (Å²) in [4.78, 5) is 2.57. The molecule has 2 aromatic rings. The van der Waals surface area contributed by atoms with Crippen LogP contribution in [0.5, 0.6) is 5.75 Å². The second kappa shape index (κ2) is 9.90. The average Bonchev–Trinajstić information content (AvgIpc) is 2.56. The normalized spacial score (nSPS) is 16.0. The molecule has 0 aliphatic carbocycles. The van der Waals surface area contributed by atoms with Gasteiger partial charge in [-0.2, -0.15) is 0 Å². The van der Waals surface area contributed by atoms with Crippen molar-refractivity contribution < 1.29 is 5.11 Å². The molecule has 0 saturated carbocycles. The molecule has 3 rings (SSSR count). The quantitative estimate of drug-likeness (QED) is 0.772. The van der Waals surface area contributed by atoms with Crippen LogP contribution in [0.2, 0.25) is 0 Å². The number of hydrogen-bond donors (Lipinski definition) is 2. The number of piperazine rings is 1. The zero-order valence-corrected chi connectivity index (χ0v) is 15.4. The number of benzene rings is 2. The second-order valence-electron chi connectivity index (χ2n) is 5.96. The van der Waals surface area contributed by atoms with Gasteiger partial charge in [0, 0.05) is 32.2 Å². The Morgan fingerprint density at radius 3 is 2.46 bits per heavy atom. The van der Waals surface area contributed by atoms with Crippen molar-refractivity contribution in [3.8, 4) is 5.75 Å². The number of nitrogens with one attached hydrogen (secondary N) is 1. The molecule has 0 amide bonds. The molecule has 5 heteroatoms. The van der Waals surface area contributed by atoms with Crippen LogP contribution in [0.4, 0.5) is 0 Å². The van der Waals surface area contributed by atoms with E-state index in [0.29, 0.717) is 11.8 Å². The van der Waals surface area contributed by atoms with Crippen LogP contribution in [0.25, 0.3) is 10.8 Å². The Morgan fingerprint density at radius 2 is 1.75 bits per heavy atom. The summed E-state index contributed by atoms with van der Waals surface area (Å²) in [5, 5.41) is 15.3. The molecule has 0 radical (unpaired) electrons. The molecular formula is C19H26Cl2N2O. The number of aromatic hydroxyl groups is 1. The molecule has 3 nitrogen and oxygen atoms in total. The molecule has 0 bridgehead atoms. The lowest BCUT2D eigenvalue weighted by Crippen LogP contribution is -2.45. The maximum atomic E-state index is 9.60. The lowest BCUT2D eigenvalue weighted by Gasteiger charge is -2.35. The Labute approximate surface area is 156 Å². The Hall–Kier alpha value is -1.26. The summed E-state index contributed by atoms with van der Waals surface area (Å²) in [6.45, 7) is 8.18. The first kappa shape index (κ1) is 20.8. The van der Waals surface area contributed by atoms with Crippen molar-refractivity contribution in [1.29, 1.82) is 0 Å². The molecule has 1 saturated heterocycles. The van der Waals surface area contributed by atoms with Gasteiger partial charge in [0.05, 0.1) is 0 Å². The van der Waals surface area contributed by atoms with Gasteiger partial charge in [-0.15, -0.1) is 31.4 Å². The zero-order valence-electron chi connectivity index (χ0n) is 13.8. The smallest absolute Gasteiger partial charge is 0.116 e. The maximum Gasteiger partial charge on any atom is 0.116 e. The highest BCUT2D eigenvalue weighted by molar-refractivity contribution is 5.86. The van der Waals surface area contributed by atoms with E-state index in [2.05, 4.69) is 35.0 Å². The molecule has 0 spiro atoms. The number of nitrogens with zero attached hydrogens (tertiary/aromatic N) is 1. The lowest BCUT2D eigenvalue weighted by atomic mass is 9.96. The molecule has 2 N–H and O–H groups in total. The molecule has 2 aromatic carbocycles. The number of phenols is 1. The van der Waals surface area contributed by atoms with Gasteiger partial charge in [0.15, 0.2) is 0 Å². The first-order valence-corrected chi connectivity index (χ1v) is 8.06. The summed E-state index contributed by atoms with van der Waals surface area (Å²) in [6, 6.07) is 12.6. The van der Waals surface area contributed by atoms with Crippen molar-refractivity contribution in [1.82, 2.24) is 10.2 Å². The number of halogens is 2. The minimum absolute atomic E-state index is 0. The Bertz CT molecular complexity index is 657. The summed E-state index contributed by atoms with van der Waals surface area (Å²) < 4.78 is 0. The van der Waals surface area contributed by atoms with Gasteiger partial charge in [-0.25, -0.2) is 0 Å². The van der Waals surface area contributed by atoms with E-state index in [9.17, 15) is 5.11 Å². The first-order chi connectivity index (χ1) is 10.8. The maximum absolute atomic E-state index is 9.60. The van der Waals surface area contributed by atoms with Gasteiger partial charge in [0.1, 0.15) is 5.75 Å². The highest BCUT2D eigenvalue weighted by atomic mass is 35.5. The van der Waals surface area contributed by atoms with E-state index in [1.807, 2.05) is 18.2 Å². The molecule has 0 unspecified atom stereocenters. The zero-order chi connectivity index (χ0) is 15.4. The minimum Gasteiger partial charge on any atom is -0.508 e. The summed E-state index contributed by atoms with van der Waals surface area (Å²) in [5.41, 5.74) is 1.36. The van der Waals surface area contributed by atoms with E-state index in [4.69, 9.17) is 0 Å². The van der Waals surface area contributed by atoms with Crippen molar-refractivity contribution >= 4 is 35.6 Å². The van der Waals surface area contributed by atoms with Crippen molar-refractivity contribution in [3.05, 3.63) is 54.6 Å². The third-order valence-electron chi connectivity index (χ3n) is 4.47. The number of fused-ring (bicyclic) bond motifs is 1. The third-order valence-corrected chi connectivity index (χ3v) is 4.47. The van der Waals surface area contributed by atoms with Crippen LogP contribution in [0, 0.1) is 0 Å². The van der Waals surface area contributed by atoms with E-state index in [1.54, 1.807) is 6.07 Å². The Kier molecular flexibility index (Phi) is 8.57. The van der Waals surface area contributed by atoms with E-state index >= 15 is 0 Å². The van der Waals surface area contributed by atoms with Crippen molar-refractivity contribution in [2.75, 3.05) is 26.2 Å². The van der Waals surface area contributed by atoms with Crippen molar-refractivity contribution in [2.45, 2.75) is 18.9 Å². The molecule has 0 aromatic heterocycles. The molecule has 1 heterocycles. The minimum atomic E-state index is 0. The van der Waals surface area contributed by atoms with Crippen LogP contribution in [0.3, 0.4) is 0 Å². The summed E-state index contributed by atoms with van der Waals surface area (Å²) in [5.74, 6) is 0.325. The standard InChI is InChI=1S/C19H24N2O.2ClH/c1-2-3-4-19(21-11-9-20-10-12-21)17-6-5-16-14-18(22)8-7-15(16)13-17;;/h2,5-8,13-14,19-20,22H,1,3-4,9-12H2;2*1H/t19-;;/m0../s1. The molecule has 1 atom stereocenters. The first-order valence-electron chi connectivity index (χ1n) is 8.06. The van der Waals surface area contributed by atoms with Gasteiger partial charge in [0.25, 0.3) is 0 Å². The fourth-order valence-electron chi connectivity index (χ4n) is 3.29. The summed E-state index contributed by atoms with van der Waals surface area (Å²) in [6.07, 6.45) is 4.14. The van der Waals surface area contributed by atoms with Gasteiger partial charge >= 0.3 is 0 Å². The lowest BCUT2D eigenvalue weighted by molar-refractivity contribution is 0.166. The largest absolute Gasteiger partial charge is 0.508 e. The van der Waals surface area contributed by atoms with E-state index in [-0.39, 0.29) is 24.8 Å². The van der Waals surface area contributed by atoms with E-state index in [0.717, 1.165) is 44.4 Å². The van der Waals surface area contributed by atoms with Crippen LogP contribution in [-0.2, 0) is 0 Å². The number of rotatable bonds is 5. The van der Waals surface area contributed by atoms with Gasteiger partial charge < -0.3 is 10.4 Å². The highest BCUT2D eigenvalue weighted by Crippen LogP contribution is 2.30. The van der Waals surface area contributed by atoms with Crippen LogP contribution < -0.4 is 5.32 Å². The summed E-state index contributed by atoms with van der Waals surface area (Å²) in [7, 11) is 0. The predicted octanol–water partition coefficient (Wildman–Crippen LogP) is 4.30.